The summed E-state index contributed by atoms with van der Waals surface area (Å²) < 4.78 is 14.6. The van der Waals surface area contributed by atoms with Crippen molar-refractivity contribution in [2.24, 2.45) is 0 Å². The molecule has 26 heavy (non-hydrogen) atoms. The maximum Gasteiger partial charge on any atom is 0.260 e. The molecule has 0 aliphatic heterocycles. The van der Waals surface area contributed by atoms with Crippen LogP contribution in [0, 0.1) is 19.7 Å². The van der Waals surface area contributed by atoms with E-state index in [1.54, 1.807) is 19.1 Å². The molecule has 3 rings (SSSR count). The van der Waals surface area contributed by atoms with Crippen molar-refractivity contribution in [1.29, 1.82) is 0 Å². The number of nitrogens with zero attached hydrogens (tertiary/aromatic N) is 2. The third kappa shape index (κ3) is 3.35. The predicted molar refractivity (Wildman–Crippen MR) is 102 cm³/mol. The minimum absolute atomic E-state index is 0.193. The highest BCUT2D eigenvalue weighted by Gasteiger charge is 2.22. The number of carbonyl (C=O) groups is 1. The Hall–Kier alpha value is -2.66. The quantitative estimate of drug-likeness (QED) is 0.693. The maximum absolute atomic E-state index is 13.1. The van der Waals surface area contributed by atoms with Gasteiger partial charge in [-0.2, -0.15) is 5.10 Å². The smallest absolute Gasteiger partial charge is 0.260 e. The van der Waals surface area contributed by atoms with Crippen LogP contribution in [-0.2, 0) is 6.42 Å². The molecule has 0 aliphatic carbocycles. The van der Waals surface area contributed by atoms with Crippen molar-refractivity contribution in [3.05, 3.63) is 75.8 Å². The lowest BCUT2D eigenvalue weighted by Crippen LogP contribution is -2.15. The van der Waals surface area contributed by atoms with E-state index in [4.69, 9.17) is 11.6 Å². The van der Waals surface area contributed by atoms with Crippen LogP contribution in [-0.4, -0.2) is 15.7 Å². The second kappa shape index (κ2) is 7.30. The number of aryl methyl sites for hydroxylation is 3. The molecule has 1 N–H and O–H groups in total. The molecule has 134 valence electrons. The van der Waals surface area contributed by atoms with E-state index < -0.39 is 0 Å². The lowest BCUT2D eigenvalue weighted by molar-refractivity contribution is 0.102. The van der Waals surface area contributed by atoms with Gasteiger partial charge in [-0.05, 0) is 55.7 Å². The molecule has 0 saturated heterocycles. The topological polar surface area (TPSA) is 46.9 Å². The van der Waals surface area contributed by atoms with Gasteiger partial charge in [0, 0.05) is 5.69 Å². The Morgan fingerprint density at radius 3 is 2.54 bits per heavy atom. The lowest BCUT2D eigenvalue weighted by Gasteiger charge is -2.13. The Bertz CT molecular complexity index is 964. The van der Waals surface area contributed by atoms with Crippen LogP contribution in [0.3, 0.4) is 0 Å². The molecule has 0 unspecified atom stereocenters. The van der Waals surface area contributed by atoms with Gasteiger partial charge in [0.05, 0.1) is 11.4 Å². The summed E-state index contributed by atoms with van der Waals surface area (Å²) in [7, 11) is 0. The van der Waals surface area contributed by atoms with E-state index in [0.29, 0.717) is 16.9 Å². The van der Waals surface area contributed by atoms with Crippen molar-refractivity contribution in [1.82, 2.24) is 9.78 Å². The fourth-order valence-corrected chi connectivity index (χ4v) is 3.25. The molecule has 6 heteroatoms. The van der Waals surface area contributed by atoms with Gasteiger partial charge in [0.2, 0.25) is 0 Å². The lowest BCUT2D eigenvalue weighted by atomic mass is 10.1. The summed E-state index contributed by atoms with van der Waals surface area (Å²) in [5.74, 6) is -0.664. The van der Waals surface area contributed by atoms with Crippen LogP contribution >= 0.6 is 11.6 Å². The van der Waals surface area contributed by atoms with Gasteiger partial charge in [0.25, 0.3) is 5.91 Å². The number of hydrogen-bond acceptors (Lipinski definition) is 2. The Labute approximate surface area is 156 Å². The molecule has 0 saturated carbocycles. The Kier molecular flexibility index (Phi) is 5.09. The summed E-state index contributed by atoms with van der Waals surface area (Å²) in [6.07, 6.45) is 0.804. The van der Waals surface area contributed by atoms with Gasteiger partial charge in [-0.3, -0.25) is 4.79 Å². The Morgan fingerprint density at radius 2 is 1.88 bits per heavy atom. The number of carbonyl (C=O) groups excluding carboxylic acids is 1. The first-order valence-corrected chi connectivity index (χ1v) is 8.71. The SMILES string of the molecule is CCc1cccc(C)c1NC(=O)c1c(C)nn(-c2ccc(F)cc2)c1Cl. The minimum Gasteiger partial charge on any atom is -0.321 e. The number of hydrogen-bond donors (Lipinski definition) is 1. The average Bonchev–Trinajstić information content (AvgIpc) is 2.91. The standard InChI is InChI=1S/C20H19ClFN3O/c1-4-14-7-5-6-12(2)18(14)23-20(26)17-13(3)24-25(19(17)21)16-10-8-15(22)9-11-16/h5-11H,4H2,1-3H3,(H,23,26). The van der Waals surface area contributed by atoms with E-state index in [9.17, 15) is 9.18 Å². The minimum atomic E-state index is -0.349. The van der Waals surface area contributed by atoms with Crippen molar-refractivity contribution in [2.45, 2.75) is 27.2 Å². The van der Waals surface area contributed by atoms with Crippen LogP contribution in [0.25, 0.3) is 5.69 Å². The summed E-state index contributed by atoms with van der Waals surface area (Å²) in [4.78, 5) is 12.9. The number of rotatable bonds is 4. The van der Waals surface area contributed by atoms with Crippen LogP contribution < -0.4 is 5.32 Å². The molecule has 0 atom stereocenters. The highest BCUT2D eigenvalue weighted by Crippen LogP contribution is 2.27. The molecule has 0 radical (unpaired) electrons. The van der Waals surface area contributed by atoms with E-state index in [0.717, 1.165) is 23.2 Å². The zero-order valence-corrected chi connectivity index (χ0v) is 15.6. The highest BCUT2D eigenvalue weighted by atomic mass is 35.5. The van der Waals surface area contributed by atoms with Crippen LogP contribution in [0.4, 0.5) is 10.1 Å². The molecule has 0 spiro atoms. The van der Waals surface area contributed by atoms with Gasteiger partial charge in [-0.1, -0.05) is 36.7 Å². The van der Waals surface area contributed by atoms with Crippen molar-refractivity contribution in [3.8, 4) is 5.69 Å². The van der Waals surface area contributed by atoms with Crippen LogP contribution in [0.1, 0.15) is 34.1 Å². The molecule has 3 aromatic rings. The van der Waals surface area contributed by atoms with Crippen molar-refractivity contribution >= 4 is 23.2 Å². The third-order valence-electron chi connectivity index (χ3n) is 4.28. The molecule has 2 aromatic carbocycles. The number of nitrogens with one attached hydrogen (secondary N) is 1. The average molecular weight is 372 g/mol. The van der Waals surface area contributed by atoms with Crippen molar-refractivity contribution < 1.29 is 9.18 Å². The first-order chi connectivity index (χ1) is 12.4. The van der Waals surface area contributed by atoms with E-state index in [1.165, 1.54) is 16.8 Å². The molecule has 0 bridgehead atoms. The maximum atomic E-state index is 13.1. The number of aromatic nitrogens is 2. The van der Waals surface area contributed by atoms with E-state index >= 15 is 0 Å². The molecule has 4 nitrogen and oxygen atoms in total. The molecular formula is C20H19ClFN3O. The largest absolute Gasteiger partial charge is 0.321 e. The van der Waals surface area contributed by atoms with Crippen molar-refractivity contribution in [2.75, 3.05) is 5.32 Å². The third-order valence-corrected chi connectivity index (χ3v) is 4.63. The Morgan fingerprint density at radius 1 is 1.19 bits per heavy atom. The molecule has 0 fully saturated rings. The number of para-hydroxylation sites is 1. The summed E-state index contributed by atoms with van der Waals surface area (Å²) in [6, 6.07) is 11.7. The zero-order valence-electron chi connectivity index (χ0n) is 14.8. The summed E-state index contributed by atoms with van der Waals surface area (Å²) in [5, 5.41) is 7.50. The van der Waals surface area contributed by atoms with E-state index in [1.807, 2.05) is 32.0 Å². The Balaban J connectivity index is 1.98. The number of halogens is 2. The number of amides is 1. The second-order valence-electron chi connectivity index (χ2n) is 6.06. The van der Waals surface area contributed by atoms with Crippen LogP contribution in [0.2, 0.25) is 5.15 Å². The first kappa shape index (κ1) is 18.1. The van der Waals surface area contributed by atoms with Gasteiger partial charge in [-0.15, -0.1) is 0 Å². The van der Waals surface area contributed by atoms with Gasteiger partial charge in [-0.25, -0.2) is 9.07 Å². The van der Waals surface area contributed by atoms with Crippen LogP contribution in [0.5, 0.6) is 0 Å². The molecule has 1 aromatic heterocycles. The first-order valence-electron chi connectivity index (χ1n) is 8.33. The molecule has 1 amide bonds. The highest BCUT2D eigenvalue weighted by molar-refractivity contribution is 6.34. The van der Waals surface area contributed by atoms with Gasteiger partial charge in [0.1, 0.15) is 16.5 Å². The van der Waals surface area contributed by atoms with Crippen LogP contribution in [0.15, 0.2) is 42.5 Å². The molecule has 0 aliphatic rings. The summed E-state index contributed by atoms with van der Waals surface area (Å²) in [6.45, 7) is 5.71. The molecule has 1 heterocycles. The predicted octanol–water partition coefficient (Wildman–Crippen LogP) is 5.10. The van der Waals surface area contributed by atoms with Gasteiger partial charge in [0.15, 0.2) is 0 Å². The fraction of sp³-hybridized carbons (Fsp3) is 0.200. The van der Waals surface area contributed by atoms with Gasteiger partial charge >= 0.3 is 0 Å². The zero-order chi connectivity index (χ0) is 18.8. The summed E-state index contributed by atoms with van der Waals surface area (Å²) in [5.41, 5.74) is 4.23. The van der Waals surface area contributed by atoms with Crippen molar-refractivity contribution in [3.63, 3.8) is 0 Å². The summed E-state index contributed by atoms with van der Waals surface area (Å²) >= 11 is 6.42. The van der Waals surface area contributed by atoms with E-state index in [-0.39, 0.29) is 16.9 Å². The van der Waals surface area contributed by atoms with Gasteiger partial charge < -0.3 is 5.32 Å². The molecular weight excluding hydrogens is 353 g/mol. The fourth-order valence-electron chi connectivity index (χ4n) is 2.89. The second-order valence-corrected chi connectivity index (χ2v) is 6.41. The monoisotopic (exact) mass is 371 g/mol. The number of benzene rings is 2. The normalized spacial score (nSPS) is 10.8. The number of anilines is 1. The van der Waals surface area contributed by atoms with E-state index in [2.05, 4.69) is 10.4 Å².